The maximum absolute atomic E-state index is 12.7. The molecule has 138 valence electrons. The number of carbonyl (C=O) groups is 3. The topological polar surface area (TPSA) is 79.0 Å². The monoisotopic (exact) mass is 365 g/mol. The molecule has 4 amide bonds. The first-order valence-corrected chi connectivity index (χ1v) is 8.73. The number of hydrogen-bond donors (Lipinski definition) is 1. The number of nitrogens with one attached hydrogen (secondary N) is 1. The first-order chi connectivity index (χ1) is 13.0. The van der Waals surface area contributed by atoms with Crippen LogP contribution in [0.5, 0.6) is 11.5 Å². The van der Waals surface area contributed by atoms with E-state index in [1.807, 2.05) is 48.5 Å². The lowest BCUT2D eigenvalue weighted by Crippen LogP contribution is -2.47. The van der Waals surface area contributed by atoms with Crippen LogP contribution in [0.1, 0.15) is 30.4 Å². The number of amides is 4. The fraction of sp³-hybridized carbons (Fsp3) is 0.250. The Balaban J connectivity index is 1.59. The average molecular weight is 365 g/mol. The summed E-state index contributed by atoms with van der Waals surface area (Å²) in [5, 5.41) is 0.796. The minimum Gasteiger partial charge on any atom is -0.457 e. The standard InChI is InChI=1S/C20H19N3O4/c1-12-19(25)23(20(26)22(12)2)21-18(24)11-15-13-7-3-5-9-16(13)27-17-10-6-4-8-14(15)17/h3-10,12,15H,11H2,1-2H3,(H,21,24). The van der Waals surface area contributed by atoms with Gasteiger partial charge in [-0.3, -0.25) is 15.0 Å². The number of likely N-dealkylation sites (N-methyl/N-ethyl adjacent to an activating group) is 1. The Hall–Kier alpha value is -3.35. The maximum atomic E-state index is 12.7. The third kappa shape index (κ3) is 2.81. The number of benzene rings is 2. The van der Waals surface area contributed by atoms with Gasteiger partial charge in [0.05, 0.1) is 0 Å². The second kappa shape index (κ2) is 6.42. The van der Waals surface area contributed by atoms with Gasteiger partial charge >= 0.3 is 6.03 Å². The van der Waals surface area contributed by atoms with E-state index in [0.717, 1.165) is 16.1 Å². The number of ether oxygens (including phenoxy) is 1. The summed E-state index contributed by atoms with van der Waals surface area (Å²) in [6.45, 7) is 1.62. The summed E-state index contributed by atoms with van der Waals surface area (Å²) < 4.78 is 5.93. The molecule has 4 rings (SSSR count). The lowest BCUT2D eigenvalue weighted by molar-refractivity contribution is -0.136. The van der Waals surface area contributed by atoms with Gasteiger partial charge in [-0.15, -0.1) is 0 Å². The zero-order valence-corrected chi connectivity index (χ0v) is 15.0. The second-order valence-corrected chi connectivity index (χ2v) is 6.71. The predicted octanol–water partition coefficient (Wildman–Crippen LogP) is 2.63. The number of hydrogen-bond acceptors (Lipinski definition) is 4. The highest BCUT2D eigenvalue weighted by Crippen LogP contribution is 2.45. The molecule has 2 heterocycles. The molecule has 0 saturated carbocycles. The van der Waals surface area contributed by atoms with Crippen molar-refractivity contribution in [1.29, 1.82) is 0 Å². The predicted molar refractivity (Wildman–Crippen MR) is 97.0 cm³/mol. The molecule has 7 nitrogen and oxygen atoms in total. The molecule has 1 fully saturated rings. The average Bonchev–Trinajstić information content (AvgIpc) is 2.85. The van der Waals surface area contributed by atoms with Crippen molar-refractivity contribution in [3.63, 3.8) is 0 Å². The molecule has 2 aromatic rings. The largest absolute Gasteiger partial charge is 0.457 e. The van der Waals surface area contributed by atoms with Crippen LogP contribution in [0.15, 0.2) is 48.5 Å². The van der Waals surface area contributed by atoms with Crippen LogP contribution in [0.3, 0.4) is 0 Å². The van der Waals surface area contributed by atoms with Crippen LogP contribution in [-0.4, -0.2) is 40.8 Å². The van der Waals surface area contributed by atoms with Crippen molar-refractivity contribution in [2.24, 2.45) is 0 Å². The van der Waals surface area contributed by atoms with Gasteiger partial charge in [-0.25, -0.2) is 4.79 Å². The number of urea groups is 1. The van der Waals surface area contributed by atoms with Crippen molar-refractivity contribution in [1.82, 2.24) is 15.3 Å². The van der Waals surface area contributed by atoms with Gasteiger partial charge in [0.1, 0.15) is 17.5 Å². The van der Waals surface area contributed by atoms with Crippen molar-refractivity contribution in [3.05, 3.63) is 59.7 Å². The number of fused-ring (bicyclic) bond motifs is 2. The zero-order valence-electron chi connectivity index (χ0n) is 15.0. The summed E-state index contributed by atoms with van der Waals surface area (Å²) in [5.41, 5.74) is 4.26. The van der Waals surface area contributed by atoms with Gasteiger partial charge in [-0.05, 0) is 19.1 Å². The van der Waals surface area contributed by atoms with Gasteiger partial charge in [-0.2, -0.15) is 5.01 Å². The minimum absolute atomic E-state index is 0.0898. The number of rotatable bonds is 3. The quantitative estimate of drug-likeness (QED) is 0.848. The second-order valence-electron chi connectivity index (χ2n) is 6.71. The van der Waals surface area contributed by atoms with Crippen molar-refractivity contribution in [2.75, 3.05) is 7.05 Å². The SMILES string of the molecule is CC1C(=O)N(NC(=O)CC2c3ccccc3Oc3ccccc32)C(=O)N1C. The van der Waals surface area contributed by atoms with Crippen LogP contribution in [0, 0.1) is 0 Å². The van der Waals surface area contributed by atoms with E-state index in [1.54, 1.807) is 6.92 Å². The molecule has 27 heavy (non-hydrogen) atoms. The van der Waals surface area contributed by atoms with E-state index in [1.165, 1.54) is 11.9 Å². The molecule has 0 radical (unpaired) electrons. The molecular formula is C20H19N3O4. The van der Waals surface area contributed by atoms with Gasteiger partial charge in [0.2, 0.25) is 5.91 Å². The van der Waals surface area contributed by atoms with Gasteiger partial charge in [0.25, 0.3) is 5.91 Å². The highest BCUT2D eigenvalue weighted by Gasteiger charge is 2.42. The van der Waals surface area contributed by atoms with Crippen LogP contribution in [0.2, 0.25) is 0 Å². The summed E-state index contributed by atoms with van der Waals surface area (Å²) >= 11 is 0. The molecule has 1 N–H and O–H groups in total. The summed E-state index contributed by atoms with van der Waals surface area (Å²) in [6, 6.07) is 14.0. The Bertz CT molecular complexity index is 877. The Morgan fingerprint density at radius 2 is 1.59 bits per heavy atom. The van der Waals surface area contributed by atoms with Gasteiger partial charge in [0, 0.05) is 30.5 Å². The Morgan fingerprint density at radius 3 is 2.11 bits per heavy atom. The molecular weight excluding hydrogens is 346 g/mol. The molecule has 1 unspecified atom stereocenters. The molecule has 2 aliphatic rings. The molecule has 0 aliphatic carbocycles. The molecule has 1 saturated heterocycles. The van der Waals surface area contributed by atoms with Crippen LogP contribution >= 0.6 is 0 Å². The molecule has 0 bridgehead atoms. The Kier molecular flexibility index (Phi) is 4.07. The lowest BCUT2D eigenvalue weighted by Gasteiger charge is -2.28. The van der Waals surface area contributed by atoms with Gasteiger partial charge < -0.3 is 9.64 Å². The van der Waals surface area contributed by atoms with E-state index in [-0.39, 0.29) is 12.3 Å². The summed E-state index contributed by atoms with van der Waals surface area (Å²) in [6.07, 6.45) is 0.0898. The van der Waals surface area contributed by atoms with Crippen molar-refractivity contribution in [2.45, 2.75) is 25.3 Å². The van der Waals surface area contributed by atoms with Crippen molar-refractivity contribution < 1.29 is 19.1 Å². The number of nitrogens with zero attached hydrogens (tertiary/aromatic N) is 2. The van der Waals surface area contributed by atoms with Crippen molar-refractivity contribution >= 4 is 17.8 Å². The van der Waals surface area contributed by atoms with E-state index in [0.29, 0.717) is 11.5 Å². The minimum atomic E-state index is -0.595. The summed E-state index contributed by atoms with van der Waals surface area (Å²) in [4.78, 5) is 38.3. The normalized spacial score (nSPS) is 18.8. The summed E-state index contributed by atoms with van der Waals surface area (Å²) in [7, 11) is 1.53. The number of para-hydroxylation sites is 2. The van der Waals surface area contributed by atoms with Gasteiger partial charge in [-0.1, -0.05) is 36.4 Å². The highest BCUT2D eigenvalue weighted by atomic mass is 16.5. The van der Waals surface area contributed by atoms with E-state index in [2.05, 4.69) is 5.43 Å². The van der Waals surface area contributed by atoms with Crippen LogP contribution < -0.4 is 10.2 Å². The molecule has 0 spiro atoms. The fourth-order valence-electron chi connectivity index (χ4n) is 3.46. The molecule has 2 aromatic carbocycles. The van der Waals surface area contributed by atoms with E-state index in [9.17, 15) is 14.4 Å². The van der Waals surface area contributed by atoms with Crippen LogP contribution in [-0.2, 0) is 9.59 Å². The molecule has 2 aliphatic heterocycles. The van der Waals surface area contributed by atoms with E-state index < -0.39 is 23.9 Å². The van der Waals surface area contributed by atoms with Gasteiger partial charge in [0.15, 0.2) is 0 Å². The first-order valence-electron chi connectivity index (χ1n) is 8.73. The third-order valence-corrected chi connectivity index (χ3v) is 5.09. The van der Waals surface area contributed by atoms with Crippen molar-refractivity contribution in [3.8, 4) is 11.5 Å². The fourth-order valence-corrected chi connectivity index (χ4v) is 3.46. The molecule has 1 atom stereocenters. The Labute approximate surface area is 156 Å². The highest BCUT2D eigenvalue weighted by molar-refractivity contribution is 6.05. The Morgan fingerprint density at radius 1 is 1.04 bits per heavy atom. The zero-order chi connectivity index (χ0) is 19.1. The third-order valence-electron chi connectivity index (χ3n) is 5.09. The van der Waals surface area contributed by atoms with E-state index in [4.69, 9.17) is 4.74 Å². The number of imide groups is 1. The molecule has 0 aromatic heterocycles. The first kappa shape index (κ1) is 17.1. The summed E-state index contributed by atoms with van der Waals surface area (Å²) in [5.74, 6) is 0.333. The maximum Gasteiger partial charge on any atom is 0.346 e. The smallest absolute Gasteiger partial charge is 0.346 e. The number of carbonyl (C=O) groups excluding carboxylic acids is 3. The lowest BCUT2D eigenvalue weighted by atomic mass is 9.85. The van der Waals surface area contributed by atoms with Crippen LogP contribution in [0.25, 0.3) is 0 Å². The van der Waals surface area contributed by atoms with Crippen LogP contribution in [0.4, 0.5) is 4.79 Å². The molecule has 7 heteroatoms. The number of hydrazine groups is 1. The van der Waals surface area contributed by atoms with E-state index >= 15 is 0 Å².